The molecule has 0 unspecified atom stereocenters. The SMILES string of the molecule is COc1ccc(C(C)(C)C(=O)N[C@H]2C[C@H](c3cccc(C(=O)O)c3)Oc3cc(OC)ccc32)cc1. The molecule has 1 heterocycles. The summed E-state index contributed by atoms with van der Waals surface area (Å²) >= 11 is 0. The molecule has 0 spiro atoms. The van der Waals surface area contributed by atoms with Crippen molar-refractivity contribution in [2.24, 2.45) is 0 Å². The molecule has 2 N–H and O–H groups in total. The van der Waals surface area contributed by atoms with Gasteiger partial charge < -0.3 is 24.6 Å². The van der Waals surface area contributed by atoms with E-state index in [1.807, 2.05) is 56.3 Å². The minimum Gasteiger partial charge on any atom is -0.497 e. The number of nitrogens with one attached hydrogen (secondary N) is 1. The zero-order chi connectivity index (χ0) is 25.2. The highest BCUT2D eigenvalue weighted by Crippen LogP contribution is 2.43. The lowest BCUT2D eigenvalue weighted by molar-refractivity contribution is -0.126. The van der Waals surface area contributed by atoms with Crippen LogP contribution in [0.15, 0.2) is 66.7 Å². The van der Waals surface area contributed by atoms with E-state index in [1.165, 1.54) is 0 Å². The molecule has 0 bridgehead atoms. The van der Waals surface area contributed by atoms with E-state index in [1.54, 1.807) is 38.5 Å². The van der Waals surface area contributed by atoms with E-state index in [4.69, 9.17) is 14.2 Å². The molecule has 0 fully saturated rings. The molecule has 2 atom stereocenters. The Morgan fingerprint density at radius 3 is 2.31 bits per heavy atom. The number of carbonyl (C=O) groups is 2. The van der Waals surface area contributed by atoms with Gasteiger partial charge in [0, 0.05) is 18.1 Å². The number of aromatic carboxylic acids is 1. The van der Waals surface area contributed by atoms with Gasteiger partial charge in [0.15, 0.2) is 0 Å². The highest BCUT2D eigenvalue weighted by Gasteiger charge is 2.36. The van der Waals surface area contributed by atoms with Crippen LogP contribution >= 0.6 is 0 Å². The maximum atomic E-state index is 13.5. The predicted molar refractivity (Wildman–Crippen MR) is 131 cm³/mol. The maximum Gasteiger partial charge on any atom is 0.335 e. The van der Waals surface area contributed by atoms with Gasteiger partial charge in [0.2, 0.25) is 5.91 Å². The number of methoxy groups -OCH3 is 2. The van der Waals surface area contributed by atoms with Crippen LogP contribution in [-0.2, 0) is 10.2 Å². The summed E-state index contributed by atoms with van der Waals surface area (Å²) in [4.78, 5) is 25.0. The van der Waals surface area contributed by atoms with Gasteiger partial charge in [0.25, 0.3) is 0 Å². The molecule has 7 heteroatoms. The first-order valence-corrected chi connectivity index (χ1v) is 11.4. The Morgan fingerprint density at radius 2 is 1.66 bits per heavy atom. The molecule has 3 aromatic rings. The fraction of sp³-hybridized carbons (Fsp3) is 0.286. The highest BCUT2D eigenvalue weighted by molar-refractivity contribution is 5.88. The van der Waals surface area contributed by atoms with E-state index in [2.05, 4.69) is 5.32 Å². The van der Waals surface area contributed by atoms with Crippen LogP contribution in [-0.4, -0.2) is 31.2 Å². The van der Waals surface area contributed by atoms with Crippen LogP contribution in [0.2, 0.25) is 0 Å². The molecule has 3 aromatic carbocycles. The summed E-state index contributed by atoms with van der Waals surface area (Å²) in [7, 11) is 3.18. The first kappa shape index (κ1) is 24.1. The Morgan fingerprint density at radius 1 is 0.971 bits per heavy atom. The zero-order valence-corrected chi connectivity index (χ0v) is 20.2. The molecule has 1 amide bonds. The van der Waals surface area contributed by atoms with Crippen molar-refractivity contribution in [3.05, 3.63) is 89.0 Å². The standard InChI is InChI=1S/C28H29NO6/c1-28(2,19-8-10-20(33-3)11-9-19)27(32)29-23-16-24(17-6-5-7-18(14-17)26(30)31)35-25-15-21(34-4)12-13-22(23)25/h5-15,23-24H,16H2,1-4H3,(H,29,32)(H,30,31)/t23-,24+/m0/s1. The molecular weight excluding hydrogens is 446 g/mol. The number of rotatable bonds is 7. The van der Waals surface area contributed by atoms with Crippen molar-refractivity contribution in [3.8, 4) is 17.2 Å². The quantitative estimate of drug-likeness (QED) is 0.496. The Bertz CT molecular complexity index is 1230. The van der Waals surface area contributed by atoms with Crippen LogP contribution < -0.4 is 19.5 Å². The predicted octanol–water partition coefficient (Wildman–Crippen LogP) is 5.06. The Balaban J connectivity index is 1.65. The molecule has 0 radical (unpaired) electrons. The molecule has 35 heavy (non-hydrogen) atoms. The molecule has 1 aliphatic heterocycles. The molecule has 182 valence electrons. The van der Waals surface area contributed by atoms with Crippen molar-refractivity contribution in [1.82, 2.24) is 5.32 Å². The Hall–Kier alpha value is -4.00. The lowest BCUT2D eigenvalue weighted by atomic mass is 9.82. The third-order valence-electron chi connectivity index (χ3n) is 6.51. The number of carboxylic acids is 1. The van der Waals surface area contributed by atoms with Crippen molar-refractivity contribution in [1.29, 1.82) is 0 Å². The third kappa shape index (κ3) is 4.94. The minimum absolute atomic E-state index is 0.130. The summed E-state index contributed by atoms with van der Waals surface area (Å²) in [5.41, 5.74) is 1.82. The van der Waals surface area contributed by atoms with E-state index in [0.717, 1.165) is 22.4 Å². The minimum atomic E-state index is -1.00. The first-order chi connectivity index (χ1) is 16.7. The number of carbonyl (C=O) groups excluding carboxylic acids is 1. The molecular formula is C28H29NO6. The van der Waals surface area contributed by atoms with Crippen LogP contribution in [0.4, 0.5) is 0 Å². The number of carboxylic acid groups (broad SMARTS) is 1. The van der Waals surface area contributed by atoms with E-state index >= 15 is 0 Å². The normalized spacial score (nSPS) is 17.0. The summed E-state index contributed by atoms with van der Waals surface area (Å²) in [5, 5.41) is 12.6. The summed E-state index contributed by atoms with van der Waals surface area (Å²) in [5.74, 6) is 0.815. The Labute approximate surface area is 204 Å². The molecule has 0 saturated heterocycles. The smallest absolute Gasteiger partial charge is 0.335 e. The summed E-state index contributed by atoms with van der Waals surface area (Å²) < 4.78 is 16.9. The number of hydrogen-bond donors (Lipinski definition) is 2. The van der Waals surface area contributed by atoms with Gasteiger partial charge in [0.1, 0.15) is 23.4 Å². The van der Waals surface area contributed by atoms with Gasteiger partial charge in [-0.25, -0.2) is 4.79 Å². The molecule has 0 aliphatic carbocycles. The van der Waals surface area contributed by atoms with Crippen LogP contribution in [0.5, 0.6) is 17.2 Å². The second-order valence-electron chi connectivity index (χ2n) is 9.06. The molecule has 4 rings (SSSR count). The van der Waals surface area contributed by atoms with Crippen LogP contribution in [0.25, 0.3) is 0 Å². The topological polar surface area (TPSA) is 94.1 Å². The fourth-order valence-electron chi connectivity index (χ4n) is 4.26. The summed E-state index contributed by atoms with van der Waals surface area (Å²) in [6.07, 6.45) is 0.00984. The second kappa shape index (κ2) is 9.70. The number of hydrogen-bond acceptors (Lipinski definition) is 5. The molecule has 0 saturated carbocycles. The Kier molecular flexibility index (Phi) is 6.69. The van der Waals surface area contributed by atoms with E-state index in [9.17, 15) is 14.7 Å². The molecule has 0 aromatic heterocycles. The van der Waals surface area contributed by atoms with Crippen molar-refractivity contribution in [2.75, 3.05) is 14.2 Å². The highest BCUT2D eigenvalue weighted by atomic mass is 16.5. The molecule has 1 aliphatic rings. The van der Waals surface area contributed by atoms with Gasteiger partial charge in [-0.3, -0.25) is 4.79 Å². The van der Waals surface area contributed by atoms with Gasteiger partial charge >= 0.3 is 5.97 Å². The van der Waals surface area contributed by atoms with Crippen molar-refractivity contribution < 1.29 is 28.9 Å². The van der Waals surface area contributed by atoms with E-state index < -0.39 is 17.5 Å². The van der Waals surface area contributed by atoms with E-state index in [-0.39, 0.29) is 17.5 Å². The average Bonchev–Trinajstić information content (AvgIpc) is 2.88. The van der Waals surface area contributed by atoms with Crippen LogP contribution in [0.3, 0.4) is 0 Å². The number of ether oxygens (including phenoxy) is 3. The maximum absolute atomic E-state index is 13.5. The van der Waals surface area contributed by atoms with Crippen LogP contribution in [0.1, 0.15) is 59.5 Å². The number of amides is 1. The summed E-state index contributed by atoms with van der Waals surface area (Å²) in [6.45, 7) is 3.76. The zero-order valence-electron chi connectivity index (χ0n) is 20.2. The van der Waals surface area contributed by atoms with Gasteiger partial charge in [-0.1, -0.05) is 24.3 Å². The van der Waals surface area contributed by atoms with Gasteiger partial charge in [-0.2, -0.15) is 0 Å². The fourth-order valence-corrected chi connectivity index (χ4v) is 4.26. The lowest BCUT2D eigenvalue weighted by Crippen LogP contribution is -2.43. The third-order valence-corrected chi connectivity index (χ3v) is 6.51. The van der Waals surface area contributed by atoms with E-state index in [0.29, 0.717) is 17.9 Å². The first-order valence-electron chi connectivity index (χ1n) is 11.4. The van der Waals surface area contributed by atoms with Gasteiger partial charge in [-0.05, 0) is 61.4 Å². The van der Waals surface area contributed by atoms with Crippen molar-refractivity contribution >= 4 is 11.9 Å². The van der Waals surface area contributed by atoms with Gasteiger partial charge in [0.05, 0.1) is 31.2 Å². The second-order valence-corrected chi connectivity index (χ2v) is 9.06. The van der Waals surface area contributed by atoms with Crippen molar-refractivity contribution in [2.45, 2.75) is 37.8 Å². The number of fused-ring (bicyclic) bond motifs is 1. The lowest BCUT2D eigenvalue weighted by Gasteiger charge is -2.35. The molecule has 7 nitrogen and oxygen atoms in total. The summed E-state index contributed by atoms with van der Waals surface area (Å²) in [6, 6.07) is 19.3. The monoisotopic (exact) mass is 475 g/mol. The number of benzene rings is 3. The van der Waals surface area contributed by atoms with Gasteiger partial charge in [-0.15, -0.1) is 0 Å². The van der Waals surface area contributed by atoms with Crippen LogP contribution in [0, 0.1) is 0 Å². The largest absolute Gasteiger partial charge is 0.497 e. The average molecular weight is 476 g/mol. The van der Waals surface area contributed by atoms with Crippen molar-refractivity contribution in [3.63, 3.8) is 0 Å².